The Labute approximate surface area is 113 Å². The van der Waals surface area contributed by atoms with Gasteiger partial charge in [-0.2, -0.15) is 0 Å². The Balaban J connectivity index is 1.70. The van der Waals surface area contributed by atoms with Crippen molar-refractivity contribution in [2.24, 2.45) is 0 Å². The minimum Gasteiger partial charge on any atom is -0.490 e. The van der Waals surface area contributed by atoms with Crippen LogP contribution >= 0.6 is 15.9 Å². The van der Waals surface area contributed by atoms with Crippen LogP contribution in [0, 0.1) is 0 Å². The van der Waals surface area contributed by atoms with Crippen molar-refractivity contribution in [3.63, 3.8) is 0 Å². The quantitative estimate of drug-likeness (QED) is 0.628. The van der Waals surface area contributed by atoms with Gasteiger partial charge in [0.15, 0.2) is 0 Å². The maximum atomic E-state index is 11.4. The maximum absolute atomic E-state index is 11.4. The fraction of sp³-hybridized carbons (Fsp3) is 0.154. The molecule has 0 spiro atoms. The lowest BCUT2D eigenvalue weighted by Crippen LogP contribution is -2.11. The Bertz CT molecular complexity index is 490. The summed E-state index contributed by atoms with van der Waals surface area (Å²) in [4.78, 5) is 11.4. The van der Waals surface area contributed by atoms with Crippen molar-refractivity contribution in [1.29, 1.82) is 0 Å². The molecule has 0 saturated carbocycles. The van der Waals surface area contributed by atoms with Crippen molar-refractivity contribution in [2.75, 3.05) is 13.2 Å². The molecule has 0 aliphatic rings. The summed E-state index contributed by atoms with van der Waals surface area (Å²) in [6.07, 6.45) is 1.43. The van der Waals surface area contributed by atoms with Gasteiger partial charge in [0.25, 0.3) is 0 Å². The molecule has 0 unspecified atom stereocenters. The molecule has 0 aliphatic heterocycles. The van der Waals surface area contributed by atoms with Gasteiger partial charge in [0.2, 0.25) is 5.76 Å². The summed E-state index contributed by atoms with van der Waals surface area (Å²) in [7, 11) is 0. The summed E-state index contributed by atoms with van der Waals surface area (Å²) in [6, 6.07) is 10.6. The van der Waals surface area contributed by atoms with Crippen LogP contribution in [0.2, 0.25) is 0 Å². The molecule has 4 nitrogen and oxygen atoms in total. The van der Waals surface area contributed by atoms with Gasteiger partial charge >= 0.3 is 5.97 Å². The van der Waals surface area contributed by atoms with Crippen molar-refractivity contribution < 1.29 is 18.7 Å². The number of hydrogen-bond donors (Lipinski definition) is 0. The highest BCUT2D eigenvalue weighted by Gasteiger charge is 2.09. The van der Waals surface area contributed by atoms with Gasteiger partial charge in [0.05, 0.1) is 6.26 Å². The zero-order valence-electron chi connectivity index (χ0n) is 9.47. The summed E-state index contributed by atoms with van der Waals surface area (Å²) in [5.41, 5.74) is 0. The molecule has 1 heterocycles. The predicted octanol–water partition coefficient (Wildman–Crippen LogP) is 3.28. The third-order valence-electron chi connectivity index (χ3n) is 2.12. The van der Waals surface area contributed by atoms with E-state index >= 15 is 0 Å². The molecule has 0 bridgehead atoms. The molecule has 2 aromatic rings. The minimum atomic E-state index is -0.487. The average Bonchev–Trinajstić information content (AvgIpc) is 2.90. The molecule has 1 aromatic heterocycles. The van der Waals surface area contributed by atoms with Crippen LogP contribution in [0.5, 0.6) is 5.75 Å². The van der Waals surface area contributed by atoms with Crippen molar-refractivity contribution in [3.8, 4) is 5.75 Å². The molecule has 0 fully saturated rings. The van der Waals surface area contributed by atoms with Crippen molar-refractivity contribution in [1.82, 2.24) is 0 Å². The number of rotatable bonds is 5. The summed E-state index contributed by atoms with van der Waals surface area (Å²) in [6.45, 7) is 0.476. The first-order chi connectivity index (χ1) is 8.75. The standard InChI is InChI=1S/C13H11BrO4/c14-10-3-5-11(6-4-10)16-8-9-18-13(15)12-2-1-7-17-12/h1-7H,8-9H2. The Morgan fingerprint density at radius 3 is 2.61 bits per heavy atom. The fourth-order valence-electron chi connectivity index (χ4n) is 1.29. The number of carbonyl (C=O) groups excluding carboxylic acids is 1. The molecule has 0 atom stereocenters. The summed E-state index contributed by atoms with van der Waals surface area (Å²) in [5, 5.41) is 0. The predicted molar refractivity (Wildman–Crippen MR) is 68.6 cm³/mol. The van der Waals surface area contributed by atoms with Crippen molar-refractivity contribution in [3.05, 3.63) is 52.9 Å². The fourth-order valence-corrected chi connectivity index (χ4v) is 1.55. The monoisotopic (exact) mass is 310 g/mol. The van der Waals surface area contributed by atoms with Crippen LogP contribution in [0.4, 0.5) is 0 Å². The molecule has 0 amide bonds. The molecule has 0 aliphatic carbocycles. The molecule has 5 heteroatoms. The van der Waals surface area contributed by atoms with Crippen LogP contribution in [0.15, 0.2) is 51.6 Å². The number of carbonyl (C=O) groups is 1. The third-order valence-corrected chi connectivity index (χ3v) is 2.65. The zero-order chi connectivity index (χ0) is 12.8. The lowest BCUT2D eigenvalue weighted by atomic mass is 10.3. The maximum Gasteiger partial charge on any atom is 0.374 e. The highest BCUT2D eigenvalue weighted by Crippen LogP contribution is 2.15. The lowest BCUT2D eigenvalue weighted by Gasteiger charge is -2.06. The van der Waals surface area contributed by atoms with Gasteiger partial charge in [0, 0.05) is 4.47 Å². The number of halogens is 1. The van der Waals surface area contributed by atoms with Crippen LogP contribution < -0.4 is 4.74 Å². The molecule has 0 radical (unpaired) electrons. The Morgan fingerprint density at radius 2 is 1.94 bits per heavy atom. The van der Waals surface area contributed by atoms with Gasteiger partial charge in [0.1, 0.15) is 19.0 Å². The van der Waals surface area contributed by atoms with Crippen LogP contribution in [-0.4, -0.2) is 19.2 Å². The molecular formula is C13H11BrO4. The number of benzene rings is 1. The smallest absolute Gasteiger partial charge is 0.374 e. The normalized spacial score (nSPS) is 10.1. The number of hydrogen-bond acceptors (Lipinski definition) is 4. The Kier molecular flexibility index (Phi) is 4.41. The SMILES string of the molecule is O=C(OCCOc1ccc(Br)cc1)c1ccco1. The first-order valence-electron chi connectivity index (χ1n) is 5.35. The largest absolute Gasteiger partial charge is 0.490 e. The van der Waals surface area contributed by atoms with E-state index in [9.17, 15) is 4.79 Å². The van der Waals surface area contributed by atoms with E-state index in [1.165, 1.54) is 6.26 Å². The molecule has 94 valence electrons. The summed E-state index contributed by atoms with van der Waals surface area (Å²) >= 11 is 3.33. The second kappa shape index (κ2) is 6.26. The molecular weight excluding hydrogens is 300 g/mol. The Morgan fingerprint density at radius 1 is 1.17 bits per heavy atom. The van der Waals surface area contributed by atoms with Crippen LogP contribution in [0.25, 0.3) is 0 Å². The topological polar surface area (TPSA) is 48.7 Å². The average molecular weight is 311 g/mol. The number of esters is 1. The van der Waals surface area contributed by atoms with E-state index in [-0.39, 0.29) is 12.4 Å². The van der Waals surface area contributed by atoms with E-state index in [1.807, 2.05) is 24.3 Å². The van der Waals surface area contributed by atoms with Gasteiger partial charge < -0.3 is 13.9 Å². The van der Waals surface area contributed by atoms with Crippen LogP contribution in [0.1, 0.15) is 10.6 Å². The highest BCUT2D eigenvalue weighted by atomic mass is 79.9. The number of furan rings is 1. The van der Waals surface area contributed by atoms with Gasteiger partial charge in [-0.3, -0.25) is 0 Å². The van der Waals surface area contributed by atoms with Crippen molar-refractivity contribution >= 4 is 21.9 Å². The van der Waals surface area contributed by atoms with Crippen LogP contribution in [-0.2, 0) is 4.74 Å². The van der Waals surface area contributed by atoms with Crippen molar-refractivity contribution in [2.45, 2.75) is 0 Å². The minimum absolute atomic E-state index is 0.176. The van der Waals surface area contributed by atoms with Gasteiger partial charge in [-0.1, -0.05) is 15.9 Å². The number of ether oxygens (including phenoxy) is 2. The van der Waals surface area contributed by atoms with Gasteiger partial charge in [-0.25, -0.2) is 4.79 Å². The summed E-state index contributed by atoms with van der Waals surface area (Å²) in [5.74, 6) is 0.435. The first-order valence-corrected chi connectivity index (χ1v) is 6.14. The molecule has 1 aromatic carbocycles. The second-order valence-electron chi connectivity index (χ2n) is 3.42. The van der Waals surface area contributed by atoms with Crippen LogP contribution in [0.3, 0.4) is 0 Å². The van der Waals surface area contributed by atoms with E-state index in [4.69, 9.17) is 13.9 Å². The highest BCUT2D eigenvalue weighted by molar-refractivity contribution is 9.10. The van der Waals surface area contributed by atoms with E-state index in [2.05, 4.69) is 15.9 Å². The van der Waals surface area contributed by atoms with E-state index < -0.39 is 5.97 Å². The molecule has 2 rings (SSSR count). The third kappa shape index (κ3) is 3.63. The molecule has 0 N–H and O–H groups in total. The first kappa shape index (κ1) is 12.7. The van der Waals surface area contributed by atoms with E-state index in [1.54, 1.807) is 12.1 Å². The second-order valence-corrected chi connectivity index (χ2v) is 4.33. The summed E-state index contributed by atoms with van der Waals surface area (Å²) < 4.78 is 16.3. The zero-order valence-corrected chi connectivity index (χ0v) is 11.1. The van der Waals surface area contributed by atoms with E-state index in [0.29, 0.717) is 6.61 Å². The molecule has 0 saturated heterocycles. The van der Waals surface area contributed by atoms with E-state index in [0.717, 1.165) is 10.2 Å². The lowest BCUT2D eigenvalue weighted by molar-refractivity contribution is 0.0415. The van der Waals surface area contributed by atoms with Gasteiger partial charge in [-0.05, 0) is 36.4 Å². The molecule has 18 heavy (non-hydrogen) atoms. The van der Waals surface area contributed by atoms with Gasteiger partial charge in [-0.15, -0.1) is 0 Å². The Hall–Kier alpha value is -1.75.